The highest BCUT2D eigenvalue weighted by Gasteiger charge is 2.43. The summed E-state index contributed by atoms with van der Waals surface area (Å²) in [6.07, 6.45) is 2.78. The molecule has 0 saturated heterocycles. The van der Waals surface area contributed by atoms with Crippen LogP contribution in [0.5, 0.6) is 0 Å². The predicted molar refractivity (Wildman–Crippen MR) is 69.5 cm³/mol. The molecule has 1 saturated carbocycles. The summed E-state index contributed by atoms with van der Waals surface area (Å²) in [5.41, 5.74) is -0.923. The molecule has 0 aliphatic heterocycles. The fraction of sp³-hybridized carbons (Fsp3) is 0.769. The largest absolute Gasteiger partial charge is 0.481 e. The number of hydrogen-bond donors (Lipinski definition) is 2. The molecule has 2 amide bonds. The Hall–Kier alpha value is -1.59. The number of carboxylic acids is 1. The number of carbonyl (C=O) groups is 3. The van der Waals surface area contributed by atoms with Crippen molar-refractivity contribution in [2.75, 3.05) is 20.1 Å². The highest BCUT2D eigenvalue weighted by atomic mass is 16.4. The van der Waals surface area contributed by atoms with E-state index in [1.807, 2.05) is 0 Å². The number of aliphatic carboxylic acids is 1. The van der Waals surface area contributed by atoms with Gasteiger partial charge in [0.15, 0.2) is 0 Å². The van der Waals surface area contributed by atoms with Crippen LogP contribution in [-0.4, -0.2) is 47.9 Å². The van der Waals surface area contributed by atoms with Gasteiger partial charge in [-0.1, -0.05) is 12.8 Å². The summed E-state index contributed by atoms with van der Waals surface area (Å²) >= 11 is 0. The number of nitrogens with one attached hydrogen (secondary N) is 1. The molecule has 6 nitrogen and oxygen atoms in total. The molecule has 108 valence electrons. The standard InChI is InChI=1S/C13H22N2O4/c1-3-15(9-10(16)14-2)11(17)8-13(12(18)19)6-4-5-7-13/h3-9H2,1-2H3,(H,14,16)(H,18,19). The van der Waals surface area contributed by atoms with Gasteiger partial charge >= 0.3 is 5.97 Å². The molecule has 1 aliphatic carbocycles. The van der Waals surface area contributed by atoms with Gasteiger partial charge in [-0.05, 0) is 19.8 Å². The van der Waals surface area contributed by atoms with Crippen molar-refractivity contribution in [3.63, 3.8) is 0 Å². The van der Waals surface area contributed by atoms with Crippen molar-refractivity contribution < 1.29 is 19.5 Å². The molecule has 19 heavy (non-hydrogen) atoms. The first-order valence-electron chi connectivity index (χ1n) is 6.67. The molecular formula is C13H22N2O4. The minimum Gasteiger partial charge on any atom is -0.481 e. The van der Waals surface area contributed by atoms with Gasteiger partial charge in [0, 0.05) is 20.0 Å². The van der Waals surface area contributed by atoms with Crippen molar-refractivity contribution in [1.82, 2.24) is 10.2 Å². The van der Waals surface area contributed by atoms with E-state index in [0.717, 1.165) is 12.8 Å². The molecule has 0 spiro atoms. The maximum atomic E-state index is 12.2. The molecule has 0 unspecified atom stereocenters. The Bertz CT molecular complexity index is 362. The first-order valence-corrected chi connectivity index (χ1v) is 6.67. The summed E-state index contributed by atoms with van der Waals surface area (Å²) in [6.45, 7) is 2.17. The van der Waals surface area contributed by atoms with Crippen molar-refractivity contribution in [2.24, 2.45) is 5.41 Å². The summed E-state index contributed by atoms with van der Waals surface area (Å²) in [5, 5.41) is 11.8. The lowest BCUT2D eigenvalue weighted by Gasteiger charge is -2.27. The molecule has 1 rings (SSSR count). The van der Waals surface area contributed by atoms with Crippen LogP contribution < -0.4 is 5.32 Å². The second-order valence-corrected chi connectivity index (χ2v) is 5.05. The van der Waals surface area contributed by atoms with E-state index in [4.69, 9.17) is 0 Å². The third-order valence-electron chi connectivity index (χ3n) is 3.85. The lowest BCUT2D eigenvalue weighted by atomic mass is 9.82. The van der Waals surface area contributed by atoms with Gasteiger partial charge in [-0.2, -0.15) is 0 Å². The average molecular weight is 270 g/mol. The van der Waals surface area contributed by atoms with Gasteiger partial charge in [-0.15, -0.1) is 0 Å². The lowest BCUT2D eigenvalue weighted by Crippen LogP contribution is -2.42. The van der Waals surface area contributed by atoms with Gasteiger partial charge in [0.1, 0.15) is 0 Å². The van der Waals surface area contributed by atoms with E-state index in [2.05, 4.69) is 5.32 Å². The van der Waals surface area contributed by atoms with Crippen LogP contribution >= 0.6 is 0 Å². The SMILES string of the molecule is CCN(CC(=O)NC)C(=O)CC1(C(=O)O)CCCC1. The Morgan fingerprint density at radius 2 is 1.84 bits per heavy atom. The molecule has 6 heteroatoms. The summed E-state index contributed by atoms with van der Waals surface area (Å²) in [4.78, 5) is 36.3. The first-order chi connectivity index (χ1) is 8.95. The Labute approximate surface area is 113 Å². The second kappa shape index (κ2) is 6.54. The predicted octanol–water partition coefficient (Wildman–Crippen LogP) is 0.616. The van der Waals surface area contributed by atoms with E-state index in [0.29, 0.717) is 19.4 Å². The third-order valence-corrected chi connectivity index (χ3v) is 3.85. The van der Waals surface area contributed by atoms with Crippen LogP contribution in [0.15, 0.2) is 0 Å². The Morgan fingerprint density at radius 1 is 1.26 bits per heavy atom. The van der Waals surface area contributed by atoms with Gasteiger partial charge in [0.2, 0.25) is 11.8 Å². The number of likely N-dealkylation sites (N-methyl/N-ethyl adjacent to an activating group) is 2. The van der Waals surface area contributed by atoms with Crippen LogP contribution in [-0.2, 0) is 14.4 Å². The zero-order valence-corrected chi connectivity index (χ0v) is 11.6. The van der Waals surface area contributed by atoms with E-state index >= 15 is 0 Å². The Morgan fingerprint density at radius 3 is 2.26 bits per heavy atom. The van der Waals surface area contributed by atoms with E-state index in [-0.39, 0.29) is 24.8 Å². The molecule has 0 heterocycles. The molecule has 0 aromatic rings. The van der Waals surface area contributed by atoms with Crippen molar-refractivity contribution in [1.29, 1.82) is 0 Å². The van der Waals surface area contributed by atoms with E-state index in [1.165, 1.54) is 11.9 Å². The van der Waals surface area contributed by atoms with E-state index in [1.54, 1.807) is 6.92 Å². The van der Waals surface area contributed by atoms with Crippen molar-refractivity contribution >= 4 is 17.8 Å². The van der Waals surface area contributed by atoms with Crippen molar-refractivity contribution in [3.05, 3.63) is 0 Å². The molecule has 1 aliphatic rings. The summed E-state index contributed by atoms with van der Waals surface area (Å²) < 4.78 is 0. The maximum absolute atomic E-state index is 12.2. The zero-order chi connectivity index (χ0) is 14.5. The van der Waals surface area contributed by atoms with Crippen molar-refractivity contribution in [2.45, 2.75) is 39.0 Å². The topological polar surface area (TPSA) is 86.7 Å². The second-order valence-electron chi connectivity index (χ2n) is 5.05. The number of rotatable bonds is 6. The minimum atomic E-state index is -0.923. The highest BCUT2D eigenvalue weighted by Crippen LogP contribution is 2.41. The molecule has 0 atom stereocenters. The molecule has 0 bridgehead atoms. The van der Waals surface area contributed by atoms with Gasteiger partial charge in [-0.25, -0.2) is 0 Å². The summed E-state index contributed by atoms with van der Waals surface area (Å²) in [5.74, 6) is -1.39. The third kappa shape index (κ3) is 3.68. The van der Waals surface area contributed by atoms with E-state index < -0.39 is 11.4 Å². The average Bonchev–Trinajstić information content (AvgIpc) is 2.85. The quantitative estimate of drug-likeness (QED) is 0.740. The number of nitrogens with zero attached hydrogens (tertiary/aromatic N) is 1. The van der Waals surface area contributed by atoms with Crippen LogP contribution in [0.1, 0.15) is 39.0 Å². The smallest absolute Gasteiger partial charge is 0.310 e. The van der Waals surface area contributed by atoms with Crippen LogP contribution in [0, 0.1) is 5.41 Å². The normalized spacial score (nSPS) is 16.9. The molecule has 0 aromatic carbocycles. The molecule has 0 radical (unpaired) electrons. The van der Waals surface area contributed by atoms with Crippen molar-refractivity contribution in [3.8, 4) is 0 Å². The van der Waals surface area contributed by atoms with Crippen LogP contribution in [0.4, 0.5) is 0 Å². The number of carbonyl (C=O) groups excluding carboxylic acids is 2. The number of amides is 2. The van der Waals surface area contributed by atoms with Gasteiger partial charge in [-0.3, -0.25) is 14.4 Å². The number of carboxylic acid groups (broad SMARTS) is 1. The lowest BCUT2D eigenvalue weighted by molar-refractivity contribution is -0.153. The fourth-order valence-corrected chi connectivity index (χ4v) is 2.55. The van der Waals surface area contributed by atoms with E-state index in [9.17, 15) is 19.5 Å². The zero-order valence-electron chi connectivity index (χ0n) is 11.6. The molecular weight excluding hydrogens is 248 g/mol. The summed E-state index contributed by atoms with van der Waals surface area (Å²) in [6, 6.07) is 0. The Balaban J connectivity index is 2.70. The van der Waals surface area contributed by atoms with Crippen LogP contribution in [0.25, 0.3) is 0 Å². The highest BCUT2D eigenvalue weighted by molar-refractivity contribution is 5.88. The molecule has 2 N–H and O–H groups in total. The minimum absolute atomic E-state index is 0.00678. The summed E-state index contributed by atoms with van der Waals surface area (Å²) in [7, 11) is 1.51. The maximum Gasteiger partial charge on any atom is 0.310 e. The Kier molecular flexibility index (Phi) is 5.32. The molecule has 0 aromatic heterocycles. The fourth-order valence-electron chi connectivity index (χ4n) is 2.55. The number of hydrogen-bond acceptors (Lipinski definition) is 3. The first kappa shape index (κ1) is 15.5. The monoisotopic (exact) mass is 270 g/mol. The van der Waals surface area contributed by atoms with Gasteiger partial charge < -0.3 is 15.3 Å². The van der Waals surface area contributed by atoms with Gasteiger partial charge in [0.05, 0.1) is 12.0 Å². The molecule has 1 fully saturated rings. The van der Waals surface area contributed by atoms with Crippen LogP contribution in [0.3, 0.4) is 0 Å². The van der Waals surface area contributed by atoms with Gasteiger partial charge in [0.25, 0.3) is 0 Å². The van der Waals surface area contributed by atoms with Crippen LogP contribution in [0.2, 0.25) is 0 Å².